The number of hydrogen-bond acceptors (Lipinski definition) is 2. The molecule has 0 atom stereocenters. The summed E-state index contributed by atoms with van der Waals surface area (Å²) in [4.78, 5) is 0. The molecule has 0 saturated heterocycles. The SMILES string of the molecule is CCn1c(CCl)nnc1CCC1CCCCC1. The Kier molecular flexibility index (Phi) is 4.84. The molecule has 1 aromatic rings. The van der Waals surface area contributed by atoms with E-state index >= 15 is 0 Å². The molecule has 1 saturated carbocycles. The predicted molar refractivity (Wildman–Crippen MR) is 70.1 cm³/mol. The average Bonchev–Trinajstić information content (AvgIpc) is 2.79. The zero-order valence-corrected chi connectivity index (χ0v) is 11.4. The standard InChI is InChI=1S/C13H22ClN3/c1-2-17-12(15-16-13(17)10-14)9-8-11-6-4-3-5-7-11/h11H,2-10H2,1H3. The molecule has 1 aromatic heterocycles. The Balaban J connectivity index is 1.91. The Hall–Kier alpha value is -0.570. The van der Waals surface area contributed by atoms with Crippen LogP contribution in [0.2, 0.25) is 0 Å². The summed E-state index contributed by atoms with van der Waals surface area (Å²) in [6.07, 6.45) is 9.39. The molecule has 4 heteroatoms. The van der Waals surface area contributed by atoms with Crippen LogP contribution in [0.25, 0.3) is 0 Å². The highest BCUT2D eigenvalue weighted by Gasteiger charge is 2.16. The Labute approximate surface area is 109 Å². The Morgan fingerprint density at radius 2 is 1.88 bits per heavy atom. The van der Waals surface area contributed by atoms with Gasteiger partial charge in [0.25, 0.3) is 0 Å². The monoisotopic (exact) mass is 255 g/mol. The molecule has 3 nitrogen and oxygen atoms in total. The van der Waals surface area contributed by atoms with Gasteiger partial charge in [-0.15, -0.1) is 21.8 Å². The Morgan fingerprint density at radius 3 is 2.53 bits per heavy atom. The third-order valence-electron chi connectivity index (χ3n) is 3.84. The van der Waals surface area contributed by atoms with Crippen LogP contribution in [-0.4, -0.2) is 14.8 Å². The minimum atomic E-state index is 0.463. The van der Waals surface area contributed by atoms with Crippen molar-refractivity contribution in [2.75, 3.05) is 0 Å². The molecule has 1 aliphatic carbocycles. The van der Waals surface area contributed by atoms with E-state index in [-0.39, 0.29) is 0 Å². The number of aromatic nitrogens is 3. The first-order valence-corrected chi connectivity index (χ1v) is 7.35. The van der Waals surface area contributed by atoms with E-state index in [0.29, 0.717) is 5.88 Å². The molecular formula is C13H22ClN3. The predicted octanol–water partition coefficient (Wildman–Crippen LogP) is 3.55. The molecule has 1 heterocycles. The lowest BCUT2D eigenvalue weighted by Gasteiger charge is -2.21. The van der Waals surface area contributed by atoms with Crippen molar-refractivity contribution < 1.29 is 0 Å². The highest BCUT2D eigenvalue weighted by molar-refractivity contribution is 6.16. The average molecular weight is 256 g/mol. The summed E-state index contributed by atoms with van der Waals surface area (Å²) in [5.74, 6) is 3.40. The van der Waals surface area contributed by atoms with Crippen LogP contribution in [0.15, 0.2) is 0 Å². The van der Waals surface area contributed by atoms with Crippen molar-refractivity contribution in [1.82, 2.24) is 14.8 Å². The second kappa shape index (κ2) is 6.39. The van der Waals surface area contributed by atoms with Crippen LogP contribution in [-0.2, 0) is 18.8 Å². The number of hydrogen-bond donors (Lipinski definition) is 0. The van der Waals surface area contributed by atoms with Crippen molar-refractivity contribution in [2.45, 2.75) is 64.3 Å². The first-order chi connectivity index (χ1) is 8.35. The van der Waals surface area contributed by atoms with Gasteiger partial charge in [-0.2, -0.15) is 0 Å². The first-order valence-electron chi connectivity index (χ1n) is 6.82. The maximum absolute atomic E-state index is 5.85. The van der Waals surface area contributed by atoms with Crippen molar-refractivity contribution in [3.05, 3.63) is 11.6 Å². The highest BCUT2D eigenvalue weighted by atomic mass is 35.5. The van der Waals surface area contributed by atoms with Crippen molar-refractivity contribution in [3.8, 4) is 0 Å². The van der Waals surface area contributed by atoms with Gasteiger partial charge in [-0.25, -0.2) is 0 Å². The van der Waals surface area contributed by atoms with E-state index in [0.717, 1.165) is 30.5 Å². The number of halogens is 1. The zero-order valence-electron chi connectivity index (χ0n) is 10.7. The van der Waals surface area contributed by atoms with Crippen LogP contribution in [0, 0.1) is 5.92 Å². The molecule has 96 valence electrons. The number of nitrogens with zero attached hydrogens (tertiary/aromatic N) is 3. The second-order valence-corrected chi connectivity index (χ2v) is 5.22. The normalized spacial score (nSPS) is 17.5. The maximum atomic E-state index is 5.85. The molecule has 0 aliphatic heterocycles. The summed E-state index contributed by atoms with van der Waals surface area (Å²) in [5.41, 5.74) is 0. The topological polar surface area (TPSA) is 30.7 Å². The van der Waals surface area contributed by atoms with E-state index in [4.69, 9.17) is 11.6 Å². The summed E-state index contributed by atoms with van der Waals surface area (Å²) < 4.78 is 2.16. The summed E-state index contributed by atoms with van der Waals surface area (Å²) in [7, 11) is 0. The van der Waals surface area contributed by atoms with Gasteiger partial charge in [-0.3, -0.25) is 0 Å². The van der Waals surface area contributed by atoms with Gasteiger partial charge in [0.15, 0.2) is 0 Å². The van der Waals surface area contributed by atoms with Gasteiger partial charge in [0.2, 0.25) is 0 Å². The van der Waals surface area contributed by atoms with Crippen LogP contribution < -0.4 is 0 Å². The fourth-order valence-electron chi connectivity index (χ4n) is 2.83. The van der Waals surface area contributed by atoms with E-state index in [2.05, 4.69) is 21.7 Å². The second-order valence-electron chi connectivity index (χ2n) is 4.95. The molecule has 0 radical (unpaired) electrons. The van der Waals surface area contributed by atoms with Crippen molar-refractivity contribution in [3.63, 3.8) is 0 Å². The molecule has 0 bridgehead atoms. The van der Waals surface area contributed by atoms with E-state index in [9.17, 15) is 0 Å². The summed E-state index contributed by atoms with van der Waals surface area (Å²) in [5, 5.41) is 8.42. The molecule has 17 heavy (non-hydrogen) atoms. The van der Waals surface area contributed by atoms with Crippen molar-refractivity contribution in [2.24, 2.45) is 5.92 Å². The van der Waals surface area contributed by atoms with Gasteiger partial charge < -0.3 is 4.57 Å². The molecule has 0 unspecified atom stereocenters. The lowest BCUT2D eigenvalue weighted by atomic mass is 9.86. The first kappa shape index (κ1) is 12.9. The van der Waals surface area contributed by atoms with Gasteiger partial charge >= 0.3 is 0 Å². The molecule has 0 amide bonds. The summed E-state index contributed by atoms with van der Waals surface area (Å²) in [6, 6.07) is 0. The third kappa shape index (κ3) is 3.21. The minimum absolute atomic E-state index is 0.463. The molecule has 2 rings (SSSR count). The third-order valence-corrected chi connectivity index (χ3v) is 4.08. The van der Waals surface area contributed by atoms with Gasteiger partial charge in [-0.1, -0.05) is 32.1 Å². The lowest BCUT2D eigenvalue weighted by molar-refractivity contribution is 0.336. The molecular weight excluding hydrogens is 234 g/mol. The number of rotatable bonds is 5. The smallest absolute Gasteiger partial charge is 0.147 e. The molecule has 0 aromatic carbocycles. The number of alkyl halides is 1. The van der Waals surface area contributed by atoms with Gasteiger partial charge in [0, 0.05) is 13.0 Å². The fraction of sp³-hybridized carbons (Fsp3) is 0.846. The van der Waals surface area contributed by atoms with E-state index < -0.39 is 0 Å². The van der Waals surface area contributed by atoms with Gasteiger partial charge in [-0.05, 0) is 19.3 Å². The molecule has 0 N–H and O–H groups in total. The van der Waals surface area contributed by atoms with Crippen LogP contribution in [0.1, 0.15) is 57.1 Å². The van der Waals surface area contributed by atoms with Gasteiger partial charge in [0.05, 0.1) is 5.88 Å². The van der Waals surface area contributed by atoms with Crippen LogP contribution in [0.5, 0.6) is 0 Å². The van der Waals surface area contributed by atoms with Gasteiger partial charge in [0.1, 0.15) is 11.6 Å². The Morgan fingerprint density at radius 1 is 1.18 bits per heavy atom. The van der Waals surface area contributed by atoms with Crippen molar-refractivity contribution >= 4 is 11.6 Å². The van der Waals surface area contributed by atoms with Crippen LogP contribution in [0.4, 0.5) is 0 Å². The largest absolute Gasteiger partial charge is 0.314 e. The quantitative estimate of drug-likeness (QED) is 0.754. The maximum Gasteiger partial charge on any atom is 0.147 e. The summed E-state index contributed by atoms with van der Waals surface area (Å²) in [6.45, 7) is 3.05. The minimum Gasteiger partial charge on any atom is -0.314 e. The summed E-state index contributed by atoms with van der Waals surface area (Å²) >= 11 is 5.85. The Bertz CT molecular complexity index is 342. The van der Waals surface area contributed by atoms with E-state index in [1.54, 1.807) is 0 Å². The van der Waals surface area contributed by atoms with Crippen LogP contribution in [0.3, 0.4) is 0 Å². The molecule has 1 aliphatic rings. The highest BCUT2D eigenvalue weighted by Crippen LogP contribution is 2.27. The molecule has 0 spiro atoms. The number of aryl methyl sites for hydroxylation is 1. The fourth-order valence-corrected chi connectivity index (χ4v) is 3.03. The van der Waals surface area contributed by atoms with E-state index in [1.165, 1.54) is 38.5 Å². The zero-order chi connectivity index (χ0) is 12.1. The van der Waals surface area contributed by atoms with E-state index in [1.807, 2.05) is 0 Å². The van der Waals surface area contributed by atoms with Crippen molar-refractivity contribution in [1.29, 1.82) is 0 Å². The lowest BCUT2D eigenvalue weighted by Crippen LogP contribution is -2.10. The molecule has 1 fully saturated rings. The van der Waals surface area contributed by atoms with Crippen LogP contribution >= 0.6 is 11.6 Å².